The van der Waals surface area contributed by atoms with E-state index in [1.807, 2.05) is 6.07 Å². The summed E-state index contributed by atoms with van der Waals surface area (Å²) in [6.45, 7) is 3.33. The number of nitrogens with one attached hydrogen (secondary N) is 1. The fraction of sp³-hybridized carbons (Fsp3) is 0.474. The van der Waals surface area contributed by atoms with Gasteiger partial charge in [-0.2, -0.15) is 0 Å². The van der Waals surface area contributed by atoms with Crippen LogP contribution in [0, 0.1) is 5.92 Å². The zero-order valence-electron chi connectivity index (χ0n) is 13.1. The second kappa shape index (κ2) is 6.48. The van der Waals surface area contributed by atoms with E-state index in [-0.39, 0.29) is 0 Å². The summed E-state index contributed by atoms with van der Waals surface area (Å²) in [5.41, 5.74) is 1.44. The molecule has 1 aliphatic rings. The van der Waals surface area contributed by atoms with Gasteiger partial charge in [0.1, 0.15) is 5.75 Å². The molecule has 0 spiro atoms. The molecule has 3 rings (SSSR count). The molecule has 1 aliphatic carbocycles. The molecular weight excluding hydrogens is 258 g/mol. The molecule has 112 valence electrons. The Morgan fingerprint density at radius 3 is 2.57 bits per heavy atom. The van der Waals surface area contributed by atoms with Crippen LogP contribution >= 0.6 is 0 Å². The van der Waals surface area contributed by atoms with E-state index >= 15 is 0 Å². The van der Waals surface area contributed by atoms with E-state index in [1.54, 1.807) is 7.11 Å². The first kappa shape index (κ1) is 14.4. The van der Waals surface area contributed by atoms with Crippen LogP contribution in [0.5, 0.6) is 5.75 Å². The fourth-order valence-corrected chi connectivity index (χ4v) is 3.19. The highest BCUT2D eigenvalue weighted by Gasteiger charge is 2.27. The summed E-state index contributed by atoms with van der Waals surface area (Å²) in [5, 5.41) is 6.30. The molecule has 2 aromatic rings. The fourth-order valence-electron chi connectivity index (χ4n) is 3.19. The van der Waals surface area contributed by atoms with Crippen LogP contribution in [0.2, 0.25) is 0 Å². The van der Waals surface area contributed by atoms with Crippen LogP contribution in [0.15, 0.2) is 36.4 Å². The first-order valence-electron chi connectivity index (χ1n) is 8.13. The second-order valence-corrected chi connectivity index (χ2v) is 6.10. The summed E-state index contributed by atoms with van der Waals surface area (Å²) < 4.78 is 5.31. The third-order valence-electron chi connectivity index (χ3n) is 4.67. The number of methoxy groups -OCH3 is 1. The van der Waals surface area contributed by atoms with E-state index in [1.165, 1.54) is 42.0 Å². The quantitative estimate of drug-likeness (QED) is 0.830. The van der Waals surface area contributed by atoms with E-state index in [0.717, 1.165) is 18.2 Å². The number of rotatable bonds is 6. The predicted octanol–water partition coefficient (Wildman–Crippen LogP) is 4.69. The van der Waals surface area contributed by atoms with Crippen molar-refractivity contribution in [1.29, 1.82) is 0 Å². The maximum atomic E-state index is 5.31. The smallest absolute Gasteiger partial charge is 0.119 e. The van der Waals surface area contributed by atoms with Gasteiger partial charge in [-0.15, -0.1) is 0 Å². The van der Waals surface area contributed by atoms with Crippen LogP contribution in [0.3, 0.4) is 0 Å². The van der Waals surface area contributed by atoms with Gasteiger partial charge in [0.25, 0.3) is 0 Å². The lowest BCUT2D eigenvalue weighted by atomic mass is 9.77. The van der Waals surface area contributed by atoms with Gasteiger partial charge < -0.3 is 10.1 Å². The highest BCUT2D eigenvalue weighted by atomic mass is 16.5. The summed E-state index contributed by atoms with van der Waals surface area (Å²) in [6, 6.07) is 13.7. The molecule has 21 heavy (non-hydrogen) atoms. The molecule has 2 aromatic carbocycles. The van der Waals surface area contributed by atoms with Crippen molar-refractivity contribution >= 4 is 10.8 Å². The Hall–Kier alpha value is -1.54. The molecule has 0 aliphatic heterocycles. The third-order valence-corrected chi connectivity index (χ3v) is 4.67. The Morgan fingerprint density at radius 1 is 1.14 bits per heavy atom. The molecule has 1 N–H and O–H groups in total. The van der Waals surface area contributed by atoms with Gasteiger partial charge >= 0.3 is 0 Å². The molecule has 0 saturated heterocycles. The highest BCUT2D eigenvalue weighted by Crippen LogP contribution is 2.38. The number of ether oxygens (including phenoxy) is 1. The van der Waals surface area contributed by atoms with Gasteiger partial charge in [0.2, 0.25) is 0 Å². The largest absolute Gasteiger partial charge is 0.497 e. The van der Waals surface area contributed by atoms with Crippen LogP contribution < -0.4 is 10.1 Å². The van der Waals surface area contributed by atoms with E-state index in [0.29, 0.717) is 6.04 Å². The molecule has 2 nitrogen and oxygen atoms in total. The normalized spacial score (nSPS) is 16.7. The zero-order valence-corrected chi connectivity index (χ0v) is 13.1. The summed E-state index contributed by atoms with van der Waals surface area (Å²) in [6.07, 6.45) is 5.30. The summed E-state index contributed by atoms with van der Waals surface area (Å²) in [4.78, 5) is 0. The van der Waals surface area contributed by atoms with Crippen molar-refractivity contribution in [3.8, 4) is 5.75 Å². The summed E-state index contributed by atoms with van der Waals surface area (Å²) in [5.74, 6) is 1.74. The maximum Gasteiger partial charge on any atom is 0.119 e. The summed E-state index contributed by atoms with van der Waals surface area (Å²) in [7, 11) is 1.72. The SMILES string of the molecule is CCCNC(c1ccc2cc(OC)ccc2c1)C1CCC1. The standard InChI is InChI=1S/C19H25NO/c1-3-11-20-19(14-5-4-6-14)17-8-7-16-13-18(21-2)10-9-15(16)12-17/h7-10,12-14,19-20H,3-6,11H2,1-2H3. The van der Waals surface area contributed by atoms with Gasteiger partial charge in [-0.25, -0.2) is 0 Å². The number of benzene rings is 2. The lowest BCUT2D eigenvalue weighted by Gasteiger charge is -2.35. The van der Waals surface area contributed by atoms with Crippen molar-refractivity contribution in [1.82, 2.24) is 5.32 Å². The average Bonchev–Trinajstić information content (AvgIpc) is 2.48. The Labute approximate surface area is 127 Å². The van der Waals surface area contributed by atoms with E-state index < -0.39 is 0 Å². The Kier molecular flexibility index (Phi) is 4.45. The van der Waals surface area contributed by atoms with Gasteiger partial charge in [0.15, 0.2) is 0 Å². The van der Waals surface area contributed by atoms with Crippen molar-refractivity contribution in [3.05, 3.63) is 42.0 Å². The van der Waals surface area contributed by atoms with Crippen molar-refractivity contribution in [2.24, 2.45) is 5.92 Å². The van der Waals surface area contributed by atoms with E-state index in [4.69, 9.17) is 4.74 Å². The van der Waals surface area contributed by atoms with Crippen molar-refractivity contribution < 1.29 is 4.74 Å². The Morgan fingerprint density at radius 2 is 1.90 bits per heavy atom. The van der Waals surface area contributed by atoms with Crippen molar-refractivity contribution in [2.45, 2.75) is 38.6 Å². The molecule has 2 heteroatoms. The minimum absolute atomic E-state index is 0.519. The monoisotopic (exact) mass is 283 g/mol. The van der Waals surface area contributed by atoms with Gasteiger partial charge in [-0.05, 0) is 66.3 Å². The minimum atomic E-state index is 0.519. The number of hydrogen-bond donors (Lipinski definition) is 1. The molecule has 0 radical (unpaired) electrons. The highest BCUT2D eigenvalue weighted by molar-refractivity contribution is 5.84. The molecule has 1 unspecified atom stereocenters. The molecular formula is C19H25NO. The maximum absolute atomic E-state index is 5.31. The molecule has 1 atom stereocenters. The lowest BCUT2D eigenvalue weighted by molar-refractivity contribution is 0.231. The average molecular weight is 283 g/mol. The van der Waals surface area contributed by atoms with E-state index in [9.17, 15) is 0 Å². The molecule has 0 bridgehead atoms. The Balaban J connectivity index is 1.89. The molecule has 0 amide bonds. The minimum Gasteiger partial charge on any atom is -0.497 e. The first-order valence-corrected chi connectivity index (χ1v) is 8.13. The Bertz CT molecular complexity index is 604. The van der Waals surface area contributed by atoms with Gasteiger partial charge in [-0.3, -0.25) is 0 Å². The van der Waals surface area contributed by atoms with Crippen LogP contribution in [0.25, 0.3) is 10.8 Å². The van der Waals surface area contributed by atoms with Crippen molar-refractivity contribution in [2.75, 3.05) is 13.7 Å². The van der Waals surface area contributed by atoms with Crippen LogP contribution in [-0.4, -0.2) is 13.7 Å². The third kappa shape index (κ3) is 3.06. The van der Waals surface area contributed by atoms with Crippen molar-refractivity contribution in [3.63, 3.8) is 0 Å². The summed E-state index contributed by atoms with van der Waals surface area (Å²) >= 11 is 0. The second-order valence-electron chi connectivity index (χ2n) is 6.10. The van der Waals surface area contributed by atoms with Crippen LogP contribution in [-0.2, 0) is 0 Å². The molecule has 0 aromatic heterocycles. The zero-order chi connectivity index (χ0) is 14.7. The van der Waals surface area contributed by atoms with Gasteiger partial charge in [0, 0.05) is 6.04 Å². The van der Waals surface area contributed by atoms with E-state index in [2.05, 4.69) is 42.6 Å². The molecule has 1 saturated carbocycles. The number of hydrogen-bond acceptors (Lipinski definition) is 2. The number of fused-ring (bicyclic) bond motifs is 1. The van der Waals surface area contributed by atoms with Gasteiger partial charge in [0.05, 0.1) is 7.11 Å². The lowest BCUT2D eigenvalue weighted by Crippen LogP contribution is -2.32. The topological polar surface area (TPSA) is 21.3 Å². The van der Waals surface area contributed by atoms with Crippen LogP contribution in [0.1, 0.15) is 44.2 Å². The van der Waals surface area contributed by atoms with Crippen LogP contribution in [0.4, 0.5) is 0 Å². The van der Waals surface area contributed by atoms with Gasteiger partial charge in [-0.1, -0.05) is 31.5 Å². The molecule has 1 fully saturated rings. The molecule has 0 heterocycles. The first-order chi connectivity index (χ1) is 10.3. The predicted molar refractivity (Wildman–Crippen MR) is 88.9 cm³/mol.